The van der Waals surface area contributed by atoms with Gasteiger partial charge in [-0.2, -0.15) is 5.10 Å². The topological polar surface area (TPSA) is 81.0 Å². The maximum Gasteiger partial charge on any atom is 0.251 e. The molecule has 0 aliphatic heterocycles. The summed E-state index contributed by atoms with van der Waals surface area (Å²) in [5.41, 5.74) is 3.32. The number of aryl methyl sites for hydroxylation is 2. The van der Waals surface area contributed by atoms with Crippen molar-refractivity contribution in [1.29, 1.82) is 0 Å². The van der Waals surface area contributed by atoms with Crippen LogP contribution >= 0.6 is 12.2 Å². The predicted octanol–water partition coefficient (Wildman–Crippen LogP) is 3.62. The van der Waals surface area contributed by atoms with Crippen molar-refractivity contribution in [2.75, 3.05) is 5.32 Å². The summed E-state index contributed by atoms with van der Waals surface area (Å²) < 4.78 is 3.74. The van der Waals surface area contributed by atoms with E-state index in [4.69, 9.17) is 12.2 Å². The molecule has 7 nitrogen and oxygen atoms in total. The summed E-state index contributed by atoms with van der Waals surface area (Å²) in [6.45, 7) is 6.61. The first-order valence-electron chi connectivity index (χ1n) is 9.76. The van der Waals surface area contributed by atoms with Crippen molar-refractivity contribution >= 4 is 29.7 Å². The van der Waals surface area contributed by atoms with Crippen LogP contribution in [-0.2, 0) is 24.4 Å². The Morgan fingerprint density at radius 3 is 2.57 bits per heavy atom. The number of carbonyl (C=O) groups is 2. The number of hydrogen-bond donors (Lipinski definition) is 2. The van der Waals surface area contributed by atoms with E-state index in [-0.39, 0.29) is 24.9 Å². The van der Waals surface area contributed by atoms with Crippen LogP contribution in [0.4, 0.5) is 5.69 Å². The Hall–Kier alpha value is -3.26. The molecule has 2 aromatic carbocycles. The lowest BCUT2D eigenvalue weighted by atomic mass is 10.1. The summed E-state index contributed by atoms with van der Waals surface area (Å²) in [6.07, 6.45) is 0. The van der Waals surface area contributed by atoms with Gasteiger partial charge >= 0.3 is 0 Å². The summed E-state index contributed by atoms with van der Waals surface area (Å²) in [7, 11) is 0. The molecule has 2 amide bonds. The van der Waals surface area contributed by atoms with Gasteiger partial charge in [0.05, 0.1) is 6.54 Å². The number of rotatable bonds is 7. The van der Waals surface area contributed by atoms with E-state index in [0.29, 0.717) is 22.7 Å². The number of amides is 2. The zero-order valence-electron chi connectivity index (χ0n) is 17.3. The van der Waals surface area contributed by atoms with E-state index < -0.39 is 0 Å². The number of nitrogens with one attached hydrogen (secondary N) is 2. The van der Waals surface area contributed by atoms with Gasteiger partial charge in [0.1, 0.15) is 6.54 Å². The number of anilines is 1. The quantitative estimate of drug-likeness (QED) is 0.569. The van der Waals surface area contributed by atoms with Crippen molar-refractivity contribution < 1.29 is 9.59 Å². The summed E-state index contributed by atoms with van der Waals surface area (Å²) in [6, 6.07) is 15.0. The molecule has 0 saturated carbocycles. The first kappa shape index (κ1) is 21.4. The minimum atomic E-state index is -0.215. The molecule has 0 aliphatic rings. The fraction of sp³-hybridized carbons (Fsp3) is 0.273. The van der Waals surface area contributed by atoms with Crippen LogP contribution in [0.25, 0.3) is 0 Å². The van der Waals surface area contributed by atoms with Crippen molar-refractivity contribution in [1.82, 2.24) is 19.7 Å². The van der Waals surface area contributed by atoms with Gasteiger partial charge in [-0.25, -0.2) is 4.68 Å². The van der Waals surface area contributed by atoms with Gasteiger partial charge in [0.15, 0.2) is 10.6 Å². The first-order valence-corrected chi connectivity index (χ1v) is 10.2. The third-order valence-electron chi connectivity index (χ3n) is 4.71. The molecule has 156 valence electrons. The lowest BCUT2D eigenvalue weighted by Crippen LogP contribution is -2.25. The average molecular weight is 424 g/mol. The van der Waals surface area contributed by atoms with Gasteiger partial charge in [-0.05, 0) is 62.3 Å². The van der Waals surface area contributed by atoms with Crippen LogP contribution in [0.1, 0.15) is 34.2 Å². The van der Waals surface area contributed by atoms with E-state index in [9.17, 15) is 9.59 Å². The van der Waals surface area contributed by atoms with Gasteiger partial charge in [0, 0.05) is 17.8 Å². The van der Waals surface area contributed by atoms with Crippen LogP contribution in [0, 0.1) is 18.6 Å². The summed E-state index contributed by atoms with van der Waals surface area (Å²) in [5.74, 6) is 0.217. The van der Waals surface area contributed by atoms with E-state index >= 15 is 0 Å². The van der Waals surface area contributed by atoms with Crippen LogP contribution < -0.4 is 10.6 Å². The van der Waals surface area contributed by atoms with Crippen LogP contribution in [-0.4, -0.2) is 26.2 Å². The Morgan fingerprint density at radius 1 is 1.10 bits per heavy atom. The second-order valence-electron chi connectivity index (χ2n) is 7.02. The van der Waals surface area contributed by atoms with Crippen LogP contribution in [0.5, 0.6) is 0 Å². The molecule has 0 unspecified atom stereocenters. The molecule has 0 aliphatic carbocycles. The number of benzene rings is 2. The van der Waals surface area contributed by atoms with E-state index in [2.05, 4.69) is 15.7 Å². The molecule has 1 aromatic heterocycles. The normalized spacial score (nSPS) is 10.6. The Balaban J connectivity index is 1.70. The minimum Gasteiger partial charge on any atom is -0.345 e. The predicted molar refractivity (Wildman–Crippen MR) is 119 cm³/mol. The zero-order chi connectivity index (χ0) is 21.7. The Kier molecular flexibility index (Phi) is 6.79. The number of aromatic nitrogens is 3. The summed E-state index contributed by atoms with van der Waals surface area (Å²) in [5, 5.41) is 10.2. The van der Waals surface area contributed by atoms with E-state index in [1.807, 2.05) is 67.8 Å². The van der Waals surface area contributed by atoms with Crippen LogP contribution in [0.3, 0.4) is 0 Å². The Bertz CT molecular complexity index is 1130. The molecular formula is C22H25N5O2S. The average Bonchev–Trinajstić information content (AvgIpc) is 3.00. The highest BCUT2D eigenvalue weighted by Crippen LogP contribution is 2.11. The molecule has 3 aromatic rings. The Labute approximate surface area is 180 Å². The SMILES string of the molecule is CCn1c(CNC(=O)c2ccccc2C)nn(CC(=O)Nc2cccc(C)c2)c1=S. The van der Waals surface area contributed by atoms with E-state index in [1.165, 1.54) is 4.68 Å². The third kappa shape index (κ3) is 5.01. The molecule has 30 heavy (non-hydrogen) atoms. The highest BCUT2D eigenvalue weighted by atomic mass is 32.1. The molecule has 8 heteroatoms. The van der Waals surface area contributed by atoms with Crippen molar-refractivity contribution in [3.63, 3.8) is 0 Å². The lowest BCUT2D eigenvalue weighted by molar-refractivity contribution is -0.116. The molecule has 3 rings (SSSR count). The monoisotopic (exact) mass is 423 g/mol. The maximum absolute atomic E-state index is 12.5. The number of hydrogen-bond acceptors (Lipinski definition) is 4. The zero-order valence-corrected chi connectivity index (χ0v) is 18.1. The third-order valence-corrected chi connectivity index (χ3v) is 5.14. The highest BCUT2D eigenvalue weighted by Gasteiger charge is 2.15. The molecule has 0 atom stereocenters. The molecule has 0 bridgehead atoms. The smallest absolute Gasteiger partial charge is 0.251 e. The fourth-order valence-electron chi connectivity index (χ4n) is 3.18. The van der Waals surface area contributed by atoms with E-state index in [0.717, 1.165) is 16.8 Å². The summed E-state index contributed by atoms with van der Waals surface area (Å²) in [4.78, 5) is 24.9. The molecule has 1 heterocycles. The second-order valence-corrected chi connectivity index (χ2v) is 7.38. The van der Waals surface area contributed by atoms with Gasteiger partial charge in [-0.15, -0.1) is 0 Å². The van der Waals surface area contributed by atoms with Gasteiger partial charge < -0.3 is 15.2 Å². The number of carbonyl (C=O) groups excluding carboxylic acids is 2. The highest BCUT2D eigenvalue weighted by molar-refractivity contribution is 7.71. The minimum absolute atomic E-state index is 0.00147. The van der Waals surface area contributed by atoms with Crippen molar-refractivity contribution in [3.05, 3.63) is 75.8 Å². The van der Waals surface area contributed by atoms with Crippen molar-refractivity contribution in [3.8, 4) is 0 Å². The second kappa shape index (κ2) is 9.49. The standard InChI is InChI=1S/C22H25N5O2S/c1-4-26-19(13-23-21(29)18-11-6-5-9-16(18)3)25-27(22(26)30)14-20(28)24-17-10-7-8-15(2)12-17/h5-12H,4,13-14H2,1-3H3,(H,23,29)(H,24,28). The molecular weight excluding hydrogens is 398 g/mol. The van der Waals surface area contributed by atoms with Crippen molar-refractivity contribution in [2.24, 2.45) is 0 Å². The molecule has 2 N–H and O–H groups in total. The molecule has 0 saturated heterocycles. The fourth-order valence-corrected chi connectivity index (χ4v) is 3.52. The van der Waals surface area contributed by atoms with Crippen molar-refractivity contribution in [2.45, 2.75) is 40.4 Å². The summed E-state index contributed by atoms with van der Waals surface area (Å²) >= 11 is 5.48. The maximum atomic E-state index is 12.5. The largest absolute Gasteiger partial charge is 0.345 e. The number of nitrogens with zero attached hydrogens (tertiary/aromatic N) is 3. The molecule has 0 fully saturated rings. The van der Waals surface area contributed by atoms with Gasteiger partial charge in [-0.1, -0.05) is 30.3 Å². The van der Waals surface area contributed by atoms with E-state index in [1.54, 1.807) is 6.07 Å². The van der Waals surface area contributed by atoms with Crippen LogP contribution in [0.15, 0.2) is 48.5 Å². The lowest BCUT2D eigenvalue weighted by Gasteiger charge is -2.07. The van der Waals surface area contributed by atoms with Gasteiger partial charge in [0.25, 0.3) is 5.91 Å². The molecule has 0 radical (unpaired) electrons. The Morgan fingerprint density at radius 2 is 1.87 bits per heavy atom. The van der Waals surface area contributed by atoms with Crippen LogP contribution in [0.2, 0.25) is 0 Å². The molecule has 0 spiro atoms. The first-order chi connectivity index (χ1) is 14.4. The van der Waals surface area contributed by atoms with Gasteiger partial charge in [0.2, 0.25) is 5.91 Å². The van der Waals surface area contributed by atoms with Gasteiger partial charge in [-0.3, -0.25) is 9.59 Å².